The van der Waals surface area contributed by atoms with Crippen LogP contribution in [-0.4, -0.2) is 35.7 Å². The van der Waals surface area contributed by atoms with Crippen molar-refractivity contribution in [2.75, 3.05) is 13.2 Å². The van der Waals surface area contributed by atoms with Gasteiger partial charge in [-0.3, -0.25) is 9.59 Å². The lowest BCUT2D eigenvalue weighted by atomic mass is 9.62. The summed E-state index contributed by atoms with van der Waals surface area (Å²) >= 11 is 0. The van der Waals surface area contributed by atoms with Crippen molar-refractivity contribution in [3.63, 3.8) is 0 Å². The molecule has 3 heterocycles. The highest BCUT2D eigenvalue weighted by molar-refractivity contribution is 5.89. The van der Waals surface area contributed by atoms with E-state index in [1.54, 1.807) is 6.26 Å². The van der Waals surface area contributed by atoms with Gasteiger partial charge < -0.3 is 19.6 Å². The predicted octanol–water partition coefficient (Wildman–Crippen LogP) is 2.34. The Morgan fingerprint density at radius 2 is 2.04 bits per heavy atom. The third kappa shape index (κ3) is 2.43. The van der Waals surface area contributed by atoms with Crippen molar-refractivity contribution in [1.29, 1.82) is 0 Å². The van der Waals surface area contributed by atoms with Gasteiger partial charge in [-0.2, -0.15) is 0 Å². The lowest BCUT2D eigenvalue weighted by Crippen LogP contribution is -2.54. The van der Waals surface area contributed by atoms with Gasteiger partial charge in [0.15, 0.2) is 0 Å². The molecule has 2 aromatic rings. The monoisotopic (exact) mass is 343 g/mol. The largest absolute Gasteiger partial charge is 0.481 e. The molecule has 0 spiro atoms. The second kappa shape index (κ2) is 5.33. The van der Waals surface area contributed by atoms with Gasteiger partial charge >= 0.3 is 5.97 Å². The van der Waals surface area contributed by atoms with Crippen LogP contribution in [0.5, 0.6) is 0 Å². The van der Waals surface area contributed by atoms with Crippen LogP contribution in [-0.2, 0) is 20.7 Å². The molecule has 2 saturated heterocycles. The smallest absolute Gasteiger partial charge is 0.312 e. The van der Waals surface area contributed by atoms with Crippen LogP contribution < -0.4 is 5.32 Å². The quantitative estimate of drug-likeness (QED) is 0.870. The summed E-state index contributed by atoms with van der Waals surface area (Å²) in [5.41, 5.74) is 2.69. The number of carbonyl (C=O) groups excluding carboxylic acids is 1. The van der Waals surface area contributed by atoms with Crippen LogP contribution in [0.2, 0.25) is 0 Å². The van der Waals surface area contributed by atoms with E-state index >= 15 is 0 Å². The van der Waals surface area contributed by atoms with E-state index in [0.717, 1.165) is 27.7 Å². The van der Waals surface area contributed by atoms with Crippen molar-refractivity contribution in [2.45, 2.75) is 38.7 Å². The van der Waals surface area contributed by atoms with Crippen molar-refractivity contribution in [2.24, 2.45) is 5.41 Å². The fourth-order valence-electron chi connectivity index (χ4n) is 4.09. The number of rotatable bonds is 5. The summed E-state index contributed by atoms with van der Waals surface area (Å²) in [5, 5.41) is 13.1. The first-order valence-electron chi connectivity index (χ1n) is 8.45. The first kappa shape index (κ1) is 16.1. The van der Waals surface area contributed by atoms with Crippen LogP contribution in [0.4, 0.5) is 0 Å². The summed E-state index contributed by atoms with van der Waals surface area (Å²) in [6.07, 6.45) is 2.82. The Labute approximate surface area is 145 Å². The van der Waals surface area contributed by atoms with Gasteiger partial charge in [-0.05, 0) is 37.8 Å². The summed E-state index contributed by atoms with van der Waals surface area (Å²) in [6.45, 7) is 4.63. The van der Waals surface area contributed by atoms with Crippen LogP contribution in [0, 0.1) is 19.3 Å². The van der Waals surface area contributed by atoms with Crippen molar-refractivity contribution in [3.8, 4) is 0 Å². The number of nitrogens with one attached hydrogen (secondary N) is 1. The number of furan rings is 1. The minimum Gasteiger partial charge on any atom is -0.481 e. The van der Waals surface area contributed by atoms with Crippen LogP contribution in [0.25, 0.3) is 11.0 Å². The Kier molecular flexibility index (Phi) is 3.44. The van der Waals surface area contributed by atoms with Gasteiger partial charge in [0.2, 0.25) is 5.91 Å². The molecule has 6 nitrogen and oxygen atoms in total. The van der Waals surface area contributed by atoms with Gasteiger partial charge in [0.1, 0.15) is 5.58 Å². The molecule has 0 unspecified atom stereocenters. The van der Waals surface area contributed by atoms with Crippen LogP contribution in [0.1, 0.15) is 29.5 Å². The Bertz CT molecular complexity index is 875. The molecule has 25 heavy (non-hydrogen) atoms. The molecule has 1 aromatic heterocycles. The third-order valence-electron chi connectivity index (χ3n) is 5.73. The van der Waals surface area contributed by atoms with Crippen molar-refractivity contribution in [3.05, 3.63) is 35.1 Å². The Morgan fingerprint density at radius 3 is 2.72 bits per heavy atom. The molecule has 2 bridgehead atoms. The average molecular weight is 343 g/mol. The topological polar surface area (TPSA) is 88.8 Å². The molecule has 1 saturated carbocycles. The standard InChI is InChI=1S/C19H21NO5/c1-11-3-4-14-13(6-24-16(14)12(11)2)5-15(21)20-9-19-7-18(8-19,10-25-19)17(22)23/h3-4,6H,5,7-10H2,1-2H3,(H,20,21)(H,22,23). The zero-order chi connectivity index (χ0) is 17.8. The van der Waals surface area contributed by atoms with Gasteiger partial charge in [-0.15, -0.1) is 0 Å². The number of ether oxygens (including phenoxy) is 1. The zero-order valence-electron chi connectivity index (χ0n) is 14.3. The summed E-state index contributed by atoms with van der Waals surface area (Å²) in [6, 6.07) is 4.01. The molecule has 2 N–H and O–H groups in total. The van der Waals surface area contributed by atoms with E-state index in [1.165, 1.54) is 0 Å². The van der Waals surface area contributed by atoms with Gasteiger partial charge in [-0.1, -0.05) is 12.1 Å². The number of carbonyl (C=O) groups is 2. The lowest BCUT2D eigenvalue weighted by molar-refractivity contribution is -0.153. The number of amides is 1. The van der Waals surface area contributed by atoms with Gasteiger partial charge in [0.25, 0.3) is 0 Å². The van der Waals surface area contributed by atoms with E-state index in [4.69, 9.17) is 9.15 Å². The number of hydrogen-bond donors (Lipinski definition) is 2. The zero-order valence-corrected chi connectivity index (χ0v) is 14.3. The van der Waals surface area contributed by atoms with Gasteiger partial charge in [0.05, 0.1) is 30.3 Å². The molecule has 3 fully saturated rings. The molecule has 1 aromatic carbocycles. The molecule has 1 amide bonds. The number of carboxylic acids is 1. The first-order valence-corrected chi connectivity index (χ1v) is 8.45. The Morgan fingerprint density at radius 1 is 1.28 bits per heavy atom. The average Bonchev–Trinajstić information content (AvgIpc) is 3.21. The molecule has 132 valence electrons. The Balaban J connectivity index is 1.39. The maximum absolute atomic E-state index is 12.3. The molecule has 6 heteroatoms. The summed E-state index contributed by atoms with van der Waals surface area (Å²) in [4.78, 5) is 23.6. The highest BCUT2D eigenvalue weighted by atomic mass is 16.5. The third-order valence-corrected chi connectivity index (χ3v) is 5.73. The fraction of sp³-hybridized carbons (Fsp3) is 0.474. The highest BCUT2D eigenvalue weighted by Crippen LogP contribution is 2.57. The highest BCUT2D eigenvalue weighted by Gasteiger charge is 2.66. The van der Waals surface area contributed by atoms with Crippen LogP contribution in [0.3, 0.4) is 0 Å². The lowest BCUT2D eigenvalue weighted by Gasteiger charge is -2.41. The second-order valence-electron chi connectivity index (χ2n) is 7.51. The van der Waals surface area contributed by atoms with E-state index in [0.29, 0.717) is 19.4 Å². The second-order valence-corrected chi connectivity index (χ2v) is 7.51. The van der Waals surface area contributed by atoms with Crippen molar-refractivity contribution >= 4 is 22.8 Å². The molecule has 0 radical (unpaired) electrons. The predicted molar refractivity (Wildman–Crippen MR) is 90.4 cm³/mol. The minimum atomic E-state index is -0.803. The van der Waals surface area contributed by atoms with Gasteiger partial charge in [0, 0.05) is 17.5 Å². The molecule has 0 atom stereocenters. The van der Waals surface area contributed by atoms with E-state index in [2.05, 4.69) is 5.32 Å². The van der Waals surface area contributed by atoms with E-state index in [9.17, 15) is 14.7 Å². The normalized spacial score (nSPS) is 27.3. The molecular weight excluding hydrogens is 322 g/mol. The van der Waals surface area contributed by atoms with Crippen LogP contribution >= 0.6 is 0 Å². The molecular formula is C19H21NO5. The SMILES string of the molecule is Cc1ccc2c(CC(=O)NCC34CC(C(=O)O)(CO3)C4)coc2c1C. The minimum absolute atomic E-state index is 0.112. The van der Waals surface area contributed by atoms with Crippen molar-refractivity contribution in [1.82, 2.24) is 5.32 Å². The number of carboxylic acid groups (broad SMARTS) is 1. The van der Waals surface area contributed by atoms with E-state index in [-0.39, 0.29) is 18.9 Å². The Hall–Kier alpha value is -2.34. The molecule has 2 aliphatic heterocycles. The maximum Gasteiger partial charge on any atom is 0.312 e. The number of fused-ring (bicyclic) bond motifs is 2. The van der Waals surface area contributed by atoms with E-state index in [1.807, 2.05) is 26.0 Å². The molecule has 5 rings (SSSR count). The molecule has 3 aliphatic rings. The van der Waals surface area contributed by atoms with Gasteiger partial charge in [-0.25, -0.2) is 0 Å². The number of aryl methyl sites for hydroxylation is 2. The number of benzene rings is 1. The number of hydrogen-bond acceptors (Lipinski definition) is 4. The summed E-state index contributed by atoms with van der Waals surface area (Å²) in [5.74, 6) is -0.916. The summed E-state index contributed by atoms with van der Waals surface area (Å²) < 4.78 is 11.3. The van der Waals surface area contributed by atoms with Crippen LogP contribution in [0.15, 0.2) is 22.8 Å². The molecule has 1 aliphatic carbocycles. The first-order chi connectivity index (χ1) is 11.8. The number of aliphatic carboxylic acids is 1. The maximum atomic E-state index is 12.3. The fourth-order valence-corrected chi connectivity index (χ4v) is 4.09. The summed E-state index contributed by atoms with van der Waals surface area (Å²) in [7, 11) is 0. The van der Waals surface area contributed by atoms with Crippen molar-refractivity contribution < 1.29 is 23.8 Å². The van der Waals surface area contributed by atoms with E-state index < -0.39 is 17.0 Å².